The molecule has 2 aromatic rings. The molecule has 2 rings (SSSR count). The minimum atomic E-state index is -0.0751. The summed E-state index contributed by atoms with van der Waals surface area (Å²) in [5.41, 5.74) is 2.42. The Bertz CT molecular complexity index is 634. The maximum Gasteiger partial charge on any atom is 0.246 e. The minimum Gasteiger partial charge on any atom is -0.372 e. The predicted octanol–water partition coefficient (Wildman–Crippen LogP) is 1.93. The van der Waals surface area contributed by atoms with Crippen molar-refractivity contribution in [3.8, 4) is 0 Å². The topological polar surface area (TPSA) is 46.5 Å². The summed E-state index contributed by atoms with van der Waals surface area (Å²) in [6.07, 6.45) is 2.14. The van der Waals surface area contributed by atoms with Crippen LogP contribution in [0.3, 0.4) is 0 Å². The van der Waals surface area contributed by atoms with E-state index in [-0.39, 0.29) is 18.6 Å². The Morgan fingerprint density at radius 2 is 2.09 bits per heavy atom. The van der Waals surface area contributed by atoms with Crippen molar-refractivity contribution in [1.29, 1.82) is 0 Å². The Morgan fingerprint density at radius 1 is 1.36 bits per heavy atom. The molecule has 0 fully saturated rings. The van der Waals surface area contributed by atoms with Gasteiger partial charge in [-0.1, -0.05) is 18.2 Å². The smallest absolute Gasteiger partial charge is 0.246 e. The van der Waals surface area contributed by atoms with E-state index in [1.807, 2.05) is 40.2 Å². The number of fused-ring (bicyclic) bond motifs is 1. The van der Waals surface area contributed by atoms with Gasteiger partial charge in [0.2, 0.25) is 5.91 Å². The van der Waals surface area contributed by atoms with Gasteiger partial charge < -0.3 is 19.5 Å². The molecule has 0 bridgehead atoms. The number of carbonyl (C=O) groups is 1. The second-order valence-electron chi connectivity index (χ2n) is 5.63. The quantitative estimate of drug-likeness (QED) is 0.850. The molecule has 1 heterocycles. The van der Waals surface area contributed by atoms with Crippen LogP contribution in [0.25, 0.3) is 10.9 Å². The summed E-state index contributed by atoms with van der Waals surface area (Å²) in [7, 11) is 6.11. The monoisotopic (exact) mass is 303 g/mol. The van der Waals surface area contributed by atoms with Crippen LogP contribution in [-0.2, 0) is 16.6 Å². The molecule has 1 amide bonds. The van der Waals surface area contributed by atoms with Gasteiger partial charge in [-0.3, -0.25) is 4.79 Å². The summed E-state index contributed by atoms with van der Waals surface area (Å²) in [5.74, 6) is -0.0751. The van der Waals surface area contributed by atoms with E-state index in [0.29, 0.717) is 13.2 Å². The van der Waals surface area contributed by atoms with Gasteiger partial charge in [-0.05, 0) is 32.6 Å². The predicted molar refractivity (Wildman–Crippen MR) is 88.8 cm³/mol. The molecule has 0 saturated carbocycles. The molecular weight excluding hydrogens is 278 g/mol. The van der Waals surface area contributed by atoms with Crippen molar-refractivity contribution >= 4 is 16.8 Å². The van der Waals surface area contributed by atoms with Crippen LogP contribution in [0.1, 0.15) is 18.5 Å². The zero-order chi connectivity index (χ0) is 16.1. The third-order valence-corrected chi connectivity index (χ3v) is 3.84. The van der Waals surface area contributed by atoms with Crippen LogP contribution in [0.4, 0.5) is 0 Å². The molecule has 5 nitrogen and oxygen atoms in total. The first-order chi connectivity index (χ1) is 10.5. The second-order valence-corrected chi connectivity index (χ2v) is 5.63. The average Bonchev–Trinajstić information content (AvgIpc) is 2.83. The van der Waals surface area contributed by atoms with E-state index in [4.69, 9.17) is 4.74 Å². The number of likely N-dealkylation sites (N-methyl/N-ethyl adjacent to an activating group) is 1. The number of amides is 1. The average molecular weight is 303 g/mol. The highest BCUT2D eigenvalue weighted by atomic mass is 16.5. The fourth-order valence-electron chi connectivity index (χ4n) is 2.67. The Balaban J connectivity index is 2.18. The van der Waals surface area contributed by atoms with Gasteiger partial charge in [0.1, 0.15) is 6.61 Å². The maximum atomic E-state index is 11.8. The third kappa shape index (κ3) is 3.67. The van der Waals surface area contributed by atoms with E-state index >= 15 is 0 Å². The zero-order valence-corrected chi connectivity index (χ0v) is 13.8. The van der Waals surface area contributed by atoms with Gasteiger partial charge in [0.15, 0.2) is 0 Å². The van der Waals surface area contributed by atoms with E-state index in [1.54, 1.807) is 0 Å². The van der Waals surface area contributed by atoms with Crippen molar-refractivity contribution in [2.45, 2.75) is 13.0 Å². The molecule has 1 N–H and O–H groups in total. The molecular formula is C17H25N3O2. The van der Waals surface area contributed by atoms with Crippen molar-refractivity contribution < 1.29 is 9.53 Å². The van der Waals surface area contributed by atoms with Crippen molar-refractivity contribution in [3.05, 3.63) is 36.0 Å². The molecule has 0 aliphatic heterocycles. The highest BCUT2D eigenvalue weighted by molar-refractivity contribution is 5.84. The number of ether oxygens (including phenoxy) is 1. The van der Waals surface area contributed by atoms with Gasteiger partial charge in [0, 0.05) is 37.3 Å². The fourth-order valence-corrected chi connectivity index (χ4v) is 2.67. The largest absolute Gasteiger partial charge is 0.372 e. The normalized spacial score (nSPS) is 12.8. The van der Waals surface area contributed by atoms with Crippen LogP contribution in [0, 0.1) is 0 Å². The number of para-hydroxylation sites is 1. The highest BCUT2D eigenvalue weighted by Gasteiger charge is 2.19. The fraction of sp³-hybridized carbons (Fsp3) is 0.471. The molecule has 0 spiro atoms. The summed E-state index contributed by atoms with van der Waals surface area (Å²) < 4.78 is 7.27. The standard InChI is InChI=1S/C17H25N3O2/c1-5-22-12-17(21)18-10-16(19(2)3)14-11-20(4)15-9-7-6-8-13(14)15/h6-9,11,16H,5,10,12H2,1-4H3,(H,18,21). The lowest BCUT2D eigenvalue weighted by atomic mass is 10.0. The molecule has 22 heavy (non-hydrogen) atoms. The van der Waals surface area contributed by atoms with Crippen LogP contribution < -0.4 is 5.32 Å². The Hall–Kier alpha value is -1.85. The number of nitrogens with zero attached hydrogens (tertiary/aromatic N) is 2. The van der Waals surface area contributed by atoms with Crippen molar-refractivity contribution in [3.63, 3.8) is 0 Å². The van der Waals surface area contributed by atoms with E-state index in [0.717, 1.165) is 0 Å². The van der Waals surface area contributed by atoms with Crippen LogP contribution in [0.15, 0.2) is 30.5 Å². The first-order valence-electron chi connectivity index (χ1n) is 7.59. The number of aromatic nitrogens is 1. The molecule has 0 aliphatic carbocycles. The molecule has 0 saturated heterocycles. The van der Waals surface area contributed by atoms with Crippen LogP contribution in [-0.4, -0.2) is 49.2 Å². The minimum absolute atomic E-state index is 0.0751. The van der Waals surface area contributed by atoms with E-state index in [1.165, 1.54) is 16.5 Å². The van der Waals surface area contributed by atoms with Crippen LogP contribution in [0.5, 0.6) is 0 Å². The molecule has 1 atom stereocenters. The molecule has 0 radical (unpaired) electrons. The SMILES string of the molecule is CCOCC(=O)NCC(c1cn(C)c2ccccc12)N(C)C. The molecule has 5 heteroatoms. The number of aryl methyl sites for hydroxylation is 1. The lowest BCUT2D eigenvalue weighted by Gasteiger charge is -2.24. The number of nitrogens with one attached hydrogen (secondary N) is 1. The van der Waals surface area contributed by atoms with Crippen molar-refractivity contribution in [2.75, 3.05) is 33.9 Å². The van der Waals surface area contributed by atoms with Gasteiger partial charge in [0.05, 0.1) is 6.04 Å². The highest BCUT2D eigenvalue weighted by Crippen LogP contribution is 2.28. The number of rotatable bonds is 7. The Kier molecular flexibility index (Phi) is 5.57. The zero-order valence-electron chi connectivity index (χ0n) is 13.8. The molecule has 1 unspecified atom stereocenters. The van der Waals surface area contributed by atoms with Gasteiger partial charge >= 0.3 is 0 Å². The van der Waals surface area contributed by atoms with Crippen molar-refractivity contribution in [1.82, 2.24) is 14.8 Å². The first-order valence-corrected chi connectivity index (χ1v) is 7.59. The van der Waals surface area contributed by atoms with E-state index in [2.05, 4.69) is 33.1 Å². The molecule has 0 aliphatic rings. The number of benzene rings is 1. The van der Waals surface area contributed by atoms with Gasteiger partial charge in [-0.15, -0.1) is 0 Å². The summed E-state index contributed by atoms with van der Waals surface area (Å²) >= 11 is 0. The number of hydrogen-bond donors (Lipinski definition) is 1. The summed E-state index contributed by atoms with van der Waals surface area (Å²) in [5, 5.41) is 4.18. The Labute approximate surface area is 131 Å². The molecule has 1 aromatic heterocycles. The third-order valence-electron chi connectivity index (χ3n) is 3.84. The summed E-state index contributed by atoms with van der Waals surface area (Å²) in [4.78, 5) is 13.9. The maximum absolute atomic E-state index is 11.8. The van der Waals surface area contributed by atoms with E-state index in [9.17, 15) is 4.79 Å². The molecule has 120 valence electrons. The summed E-state index contributed by atoms with van der Waals surface area (Å²) in [6.45, 7) is 3.11. The van der Waals surface area contributed by atoms with Gasteiger partial charge in [-0.25, -0.2) is 0 Å². The molecule has 1 aromatic carbocycles. The van der Waals surface area contributed by atoms with E-state index < -0.39 is 0 Å². The van der Waals surface area contributed by atoms with Crippen molar-refractivity contribution in [2.24, 2.45) is 7.05 Å². The first kappa shape index (κ1) is 16.5. The number of hydrogen-bond acceptors (Lipinski definition) is 3. The van der Waals surface area contributed by atoms with Gasteiger partial charge in [-0.2, -0.15) is 0 Å². The van der Waals surface area contributed by atoms with Gasteiger partial charge in [0.25, 0.3) is 0 Å². The second kappa shape index (κ2) is 7.42. The lowest BCUT2D eigenvalue weighted by Crippen LogP contribution is -2.36. The summed E-state index contributed by atoms with van der Waals surface area (Å²) in [6, 6.07) is 8.45. The lowest BCUT2D eigenvalue weighted by molar-refractivity contribution is -0.125. The van der Waals surface area contributed by atoms with Crippen LogP contribution >= 0.6 is 0 Å². The Morgan fingerprint density at radius 3 is 2.77 bits per heavy atom. The number of carbonyl (C=O) groups excluding carboxylic acids is 1. The van der Waals surface area contributed by atoms with Crippen LogP contribution in [0.2, 0.25) is 0 Å².